The normalized spacial score (nSPS) is 20.3. The first-order chi connectivity index (χ1) is 8.35. The monoisotopic (exact) mass is 266 g/mol. The third-order valence-corrected chi connectivity index (χ3v) is 4.39. The van der Waals surface area contributed by atoms with Crippen LogP contribution in [-0.2, 0) is 0 Å². The van der Waals surface area contributed by atoms with E-state index in [1.807, 2.05) is 13.8 Å². The lowest BCUT2D eigenvalue weighted by molar-refractivity contribution is -0.138. The maximum absolute atomic E-state index is 12.3. The summed E-state index contributed by atoms with van der Waals surface area (Å²) in [5, 5.41) is 0. The van der Waals surface area contributed by atoms with Gasteiger partial charge < -0.3 is 5.73 Å². The van der Waals surface area contributed by atoms with Crippen molar-refractivity contribution in [3.05, 3.63) is 0 Å². The molecule has 1 saturated heterocycles. The number of halogens is 3. The molecule has 1 aliphatic rings. The summed E-state index contributed by atoms with van der Waals surface area (Å²) in [4.78, 5) is 2.31. The van der Waals surface area contributed by atoms with Crippen LogP contribution in [0.25, 0.3) is 0 Å². The van der Waals surface area contributed by atoms with Gasteiger partial charge in [0.05, 0.1) is 0 Å². The highest BCUT2D eigenvalue weighted by Crippen LogP contribution is 2.34. The molecule has 0 radical (unpaired) electrons. The van der Waals surface area contributed by atoms with Crippen molar-refractivity contribution in [2.45, 2.75) is 70.1 Å². The lowest BCUT2D eigenvalue weighted by Crippen LogP contribution is -2.58. The Balaban J connectivity index is 2.70. The highest BCUT2D eigenvalue weighted by molar-refractivity contribution is 4.99. The van der Waals surface area contributed by atoms with Crippen LogP contribution in [0, 0.1) is 0 Å². The maximum Gasteiger partial charge on any atom is 0.389 e. The second kappa shape index (κ2) is 6.24. The fourth-order valence-electron chi connectivity index (χ4n) is 3.21. The summed E-state index contributed by atoms with van der Waals surface area (Å²) in [6.45, 7) is 6.02. The van der Waals surface area contributed by atoms with Gasteiger partial charge in [0.1, 0.15) is 0 Å². The Labute approximate surface area is 108 Å². The van der Waals surface area contributed by atoms with E-state index in [0.29, 0.717) is 0 Å². The van der Waals surface area contributed by atoms with E-state index in [4.69, 9.17) is 5.73 Å². The van der Waals surface area contributed by atoms with Crippen molar-refractivity contribution in [2.75, 3.05) is 13.1 Å². The fourth-order valence-corrected chi connectivity index (χ4v) is 3.21. The van der Waals surface area contributed by atoms with Crippen LogP contribution >= 0.6 is 0 Å². The van der Waals surface area contributed by atoms with E-state index in [-0.39, 0.29) is 12.0 Å². The average Bonchev–Trinajstić information content (AvgIpc) is 2.82. The van der Waals surface area contributed by atoms with E-state index in [0.717, 1.165) is 38.8 Å². The van der Waals surface area contributed by atoms with Crippen molar-refractivity contribution in [1.29, 1.82) is 0 Å². The number of hydrogen-bond acceptors (Lipinski definition) is 2. The first kappa shape index (κ1) is 15.8. The summed E-state index contributed by atoms with van der Waals surface area (Å²) < 4.78 is 37.0. The van der Waals surface area contributed by atoms with Crippen molar-refractivity contribution in [3.8, 4) is 0 Å². The molecule has 1 heterocycles. The molecule has 0 bridgehead atoms. The number of nitrogens with zero attached hydrogens (tertiary/aromatic N) is 1. The molecule has 18 heavy (non-hydrogen) atoms. The molecule has 1 unspecified atom stereocenters. The highest BCUT2D eigenvalue weighted by Gasteiger charge is 2.41. The first-order valence-electron chi connectivity index (χ1n) is 6.93. The van der Waals surface area contributed by atoms with Crippen LogP contribution in [0.4, 0.5) is 13.2 Å². The van der Waals surface area contributed by atoms with E-state index in [9.17, 15) is 13.2 Å². The highest BCUT2D eigenvalue weighted by atomic mass is 19.4. The van der Waals surface area contributed by atoms with Crippen LogP contribution in [0.15, 0.2) is 0 Å². The molecule has 0 aromatic rings. The van der Waals surface area contributed by atoms with Crippen LogP contribution < -0.4 is 5.73 Å². The summed E-state index contributed by atoms with van der Waals surface area (Å²) in [7, 11) is 0. The second-order valence-corrected chi connectivity index (χ2v) is 5.27. The second-order valence-electron chi connectivity index (χ2n) is 5.27. The van der Waals surface area contributed by atoms with Crippen molar-refractivity contribution in [2.24, 2.45) is 5.73 Å². The Bertz CT molecular complexity index is 243. The maximum atomic E-state index is 12.3. The Hall–Kier alpha value is -0.290. The zero-order chi connectivity index (χ0) is 13.8. The SMILES string of the molecule is CCC(CC)(C(N)CCC(F)(F)F)N1CCCC1. The van der Waals surface area contributed by atoms with Gasteiger partial charge in [-0.05, 0) is 45.2 Å². The topological polar surface area (TPSA) is 29.3 Å². The van der Waals surface area contributed by atoms with E-state index >= 15 is 0 Å². The molecule has 5 heteroatoms. The lowest BCUT2D eigenvalue weighted by Gasteiger charge is -2.45. The van der Waals surface area contributed by atoms with Crippen molar-refractivity contribution >= 4 is 0 Å². The van der Waals surface area contributed by atoms with E-state index in [2.05, 4.69) is 4.90 Å². The zero-order valence-electron chi connectivity index (χ0n) is 11.4. The van der Waals surface area contributed by atoms with Crippen LogP contribution in [0.5, 0.6) is 0 Å². The molecule has 1 rings (SSSR count). The van der Waals surface area contributed by atoms with Crippen LogP contribution in [-0.4, -0.2) is 35.7 Å². The number of nitrogens with two attached hydrogens (primary N) is 1. The molecule has 0 aromatic heterocycles. The molecule has 1 fully saturated rings. The summed E-state index contributed by atoms with van der Waals surface area (Å²) in [5.74, 6) is 0. The van der Waals surface area contributed by atoms with Crippen LogP contribution in [0.2, 0.25) is 0 Å². The van der Waals surface area contributed by atoms with Gasteiger partial charge in [0.15, 0.2) is 0 Å². The van der Waals surface area contributed by atoms with Gasteiger partial charge in [-0.25, -0.2) is 0 Å². The predicted octanol–water partition coefficient (Wildman–Crippen LogP) is 3.31. The van der Waals surface area contributed by atoms with E-state index < -0.39 is 18.6 Å². The Morgan fingerprint density at radius 1 is 1.11 bits per heavy atom. The largest absolute Gasteiger partial charge is 0.389 e. The Morgan fingerprint density at radius 3 is 2.00 bits per heavy atom. The van der Waals surface area contributed by atoms with Gasteiger partial charge >= 0.3 is 6.18 Å². The molecule has 1 atom stereocenters. The minimum atomic E-state index is -4.10. The standard InChI is InChI=1S/C13H25F3N2/c1-3-12(4-2,18-9-5-6-10-18)11(17)7-8-13(14,15)16/h11H,3-10,17H2,1-2H3. The molecular formula is C13H25F3N2. The summed E-state index contributed by atoms with van der Waals surface area (Å²) in [6, 6.07) is -0.396. The molecule has 108 valence electrons. The lowest BCUT2D eigenvalue weighted by atomic mass is 9.81. The third-order valence-electron chi connectivity index (χ3n) is 4.39. The van der Waals surface area contributed by atoms with Crippen molar-refractivity contribution in [3.63, 3.8) is 0 Å². The van der Waals surface area contributed by atoms with Crippen molar-refractivity contribution in [1.82, 2.24) is 4.90 Å². The predicted molar refractivity (Wildman–Crippen MR) is 67.4 cm³/mol. The zero-order valence-corrected chi connectivity index (χ0v) is 11.4. The molecule has 0 aliphatic carbocycles. The number of hydrogen-bond donors (Lipinski definition) is 1. The van der Waals surface area contributed by atoms with Gasteiger partial charge in [-0.2, -0.15) is 13.2 Å². The molecular weight excluding hydrogens is 241 g/mol. The molecule has 0 spiro atoms. The minimum absolute atomic E-state index is 0.0294. The average molecular weight is 266 g/mol. The molecule has 0 aromatic carbocycles. The summed E-state index contributed by atoms with van der Waals surface area (Å²) >= 11 is 0. The van der Waals surface area contributed by atoms with Gasteiger partial charge in [-0.15, -0.1) is 0 Å². The first-order valence-corrected chi connectivity index (χ1v) is 6.93. The van der Waals surface area contributed by atoms with E-state index in [1.54, 1.807) is 0 Å². The molecule has 0 saturated carbocycles. The molecule has 0 amide bonds. The number of likely N-dealkylation sites (tertiary alicyclic amines) is 1. The van der Waals surface area contributed by atoms with Gasteiger partial charge in [-0.1, -0.05) is 13.8 Å². The van der Waals surface area contributed by atoms with Gasteiger partial charge in [0.25, 0.3) is 0 Å². The van der Waals surface area contributed by atoms with Crippen LogP contribution in [0.3, 0.4) is 0 Å². The summed E-state index contributed by atoms with van der Waals surface area (Å²) in [6.07, 6.45) is -0.937. The van der Waals surface area contributed by atoms with Crippen molar-refractivity contribution < 1.29 is 13.2 Å². The smallest absolute Gasteiger partial charge is 0.326 e. The molecule has 2 nitrogen and oxygen atoms in total. The quantitative estimate of drug-likeness (QED) is 0.799. The van der Waals surface area contributed by atoms with Gasteiger partial charge in [0, 0.05) is 18.0 Å². The number of alkyl halides is 3. The fraction of sp³-hybridized carbons (Fsp3) is 1.00. The summed E-state index contributed by atoms with van der Waals surface area (Å²) in [5.41, 5.74) is 5.87. The Morgan fingerprint density at radius 2 is 1.61 bits per heavy atom. The van der Waals surface area contributed by atoms with E-state index in [1.165, 1.54) is 0 Å². The van der Waals surface area contributed by atoms with Gasteiger partial charge in [0.2, 0.25) is 0 Å². The molecule has 1 aliphatic heterocycles. The minimum Gasteiger partial charge on any atom is -0.326 e. The van der Waals surface area contributed by atoms with Crippen LogP contribution in [0.1, 0.15) is 52.4 Å². The van der Waals surface area contributed by atoms with Gasteiger partial charge in [-0.3, -0.25) is 4.90 Å². The molecule has 2 N–H and O–H groups in total. The Kier molecular flexibility index (Phi) is 5.46. The third kappa shape index (κ3) is 3.60. The number of rotatable bonds is 6.